The molecule has 0 aliphatic carbocycles. The van der Waals surface area contributed by atoms with Gasteiger partial charge in [0, 0.05) is 24.2 Å². The Bertz CT molecular complexity index is 810. The van der Waals surface area contributed by atoms with Gasteiger partial charge in [0.15, 0.2) is 11.0 Å². The van der Waals surface area contributed by atoms with Crippen molar-refractivity contribution in [2.75, 3.05) is 5.75 Å². The SMILES string of the molecule is Cn1c(SCC(=O)O)nnc1-c1ccnc2ccccc12. The molecule has 0 saturated carbocycles. The summed E-state index contributed by atoms with van der Waals surface area (Å²) in [5.74, 6) is -0.219. The summed E-state index contributed by atoms with van der Waals surface area (Å²) in [5.41, 5.74) is 1.82. The van der Waals surface area contributed by atoms with Gasteiger partial charge in [-0.1, -0.05) is 30.0 Å². The van der Waals surface area contributed by atoms with E-state index in [4.69, 9.17) is 5.11 Å². The number of nitrogens with zero attached hydrogens (tertiary/aromatic N) is 4. The summed E-state index contributed by atoms with van der Waals surface area (Å²) in [5, 5.41) is 18.6. The fourth-order valence-electron chi connectivity index (χ4n) is 2.09. The van der Waals surface area contributed by atoms with Crippen LogP contribution in [0.4, 0.5) is 0 Å². The average molecular weight is 300 g/mol. The van der Waals surface area contributed by atoms with E-state index in [-0.39, 0.29) is 5.75 Å². The number of carboxylic acids is 1. The van der Waals surface area contributed by atoms with Gasteiger partial charge in [0.25, 0.3) is 0 Å². The maximum absolute atomic E-state index is 10.6. The molecule has 0 aliphatic heterocycles. The Balaban J connectivity index is 2.05. The van der Waals surface area contributed by atoms with Crippen LogP contribution in [0.1, 0.15) is 0 Å². The van der Waals surface area contributed by atoms with Crippen LogP contribution in [-0.4, -0.2) is 36.6 Å². The van der Waals surface area contributed by atoms with Crippen molar-refractivity contribution in [3.05, 3.63) is 36.5 Å². The Morgan fingerprint density at radius 2 is 2.10 bits per heavy atom. The van der Waals surface area contributed by atoms with E-state index in [0.29, 0.717) is 11.0 Å². The molecule has 0 radical (unpaired) electrons. The molecule has 0 bridgehead atoms. The smallest absolute Gasteiger partial charge is 0.313 e. The zero-order chi connectivity index (χ0) is 14.8. The number of aromatic nitrogens is 4. The quantitative estimate of drug-likeness (QED) is 0.744. The summed E-state index contributed by atoms with van der Waals surface area (Å²) in [6, 6.07) is 9.69. The molecule has 1 N–H and O–H groups in total. The highest BCUT2D eigenvalue weighted by molar-refractivity contribution is 7.99. The van der Waals surface area contributed by atoms with E-state index in [2.05, 4.69) is 15.2 Å². The van der Waals surface area contributed by atoms with Crippen LogP contribution in [0.5, 0.6) is 0 Å². The molecule has 21 heavy (non-hydrogen) atoms. The van der Waals surface area contributed by atoms with Crippen LogP contribution in [0.3, 0.4) is 0 Å². The van der Waals surface area contributed by atoms with Crippen LogP contribution in [0.25, 0.3) is 22.3 Å². The van der Waals surface area contributed by atoms with Gasteiger partial charge in [-0.25, -0.2) is 0 Å². The third-order valence-electron chi connectivity index (χ3n) is 3.05. The highest BCUT2D eigenvalue weighted by atomic mass is 32.2. The second-order valence-corrected chi connectivity index (χ2v) is 5.37. The van der Waals surface area contributed by atoms with Crippen molar-refractivity contribution >= 4 is 28.6 Å². The van der Waals surface area contributed by atoms with Crippen molar-refractivity contribution in [2.45, 2.75) is 5.16 Å². The highest BCUT2D eigenvalue weighted by Crippen LogP contribution is 2.27. The number of para-hydroxylation sites is 1. The van der Waals surface area contributed by atoms with Crippen LogP contribution in [-0.2, 0) is 11.8 Å². The number of aliphatic carboxylic acids is 1. The van der Waals surface area contributed by atoms with Gasteiger partial charge in [0.05, 0.1) is 11.3 Å². The fourth-order valence-corrected chi connectivity index (χ4v) is 2.72. The first-order valence-electron chi connectivity index (χ1n) is 6.25. The van der Waals surface area contributed by atoms with Crippen molar-refractivity contribution in [3.63, 3.8) is 0 Å². The topological polar surface area (TPSA) is 80.9 Å². The van der Waals surface area contributed by atoms with Gasteiger partial charge in [0.2, 0.25) is 0 Å². The third kappa shape index (κ3) is 2.59. The normalized spacial score (nSPS) is 10.9. The molecule has 0 amide bonds. The Hall–Kier alpha value is -2.41. The number of pyridine rings is 1. The number of carboxylic acid groups (broad SMARTS) is 1. The molecule has 2 heterocycles. The standard InChI is InChI=1S/C14H12N4O2S/c1-18-13(16-17-14(18)21-8-12(19)20)10-6-7-15-11-5-3-2-4-9(10)11/h2-7H,8H2,1H3,(H,19,20). The number of carbonyl (C=O) groups is 1. The lowest BCUT2D eigenvalue weighted by atomic mass is 10.1. The third-order valence-corrected chi connectivity index (χ3v) is 4.05. The van der Waals surface area contributed by atoms with E-state index >= 15 is 0 Å². The van der Waals surface area contributed by atoms with Gasteiger partial charge in [-0.15, -0.1) is 10.2 Å². The predicted molar refractivity (Wildman–Crippen MR) is 80.1 cm³/mol. The Morgan fingerprint density at radius 1 is 1.29 bits per heavy atom. The van der Waals surface area contributed by atoms with Gasteiger partial charge in [0.1, 0.15) is 0 Å². The molecule has 1 aromatic carbocycles. The number of hydrogen-bond donors (Lipinski definition) is 1. The number of hydrogen-bond acceptors (Lipinski definition) is 5. The maximum atomic E-state index is 10.6. The van der Waals surface area contributed by atoms with E-state index in [0.717, 1.165) is 28.2 Å². The van der Waals surface area contributed by atoms with Crippen LogP contribution < -0.4 is 0 Å². The van der Waals surface area contributed by atoms with Crippen LogP contribution in [0.2, 0.25) is 0 Å². The predicted octanol–water partition coefficient (Wildman–Crippen LogP) is 2.21. The minimum Gasteiger partial charge on any atom is -0.481 e. The lowest BCUT2D eigenvalue weighted by Crippen LogP contribution is -2.01. The van der Waals surface area contributed by atoms with Crippen LogP contribution >= 0.6 is 11.8 Å². The monoisotopic (exact) mass is 300 g/mol. The van der Waals surface area contributed by atoms with Crippen molar-refractivity contribution in [3.8, 4) is 11.4 Å². The Labute approximate surface area is 124 Å². The minimum atomic E-state index is -0.876. The summed E-state index contributed by atoms with van der Waals surface area (Å²) in [6.45, 7) is 0. The molecule has 2 aromatic heterocycles. The summed E-state index contributed by atoms with van der Waals surface area (Å²) in [7, 11) is 1.83. The van der Waals surface area contributed by atoms with Crippen molar-refractivity contribution in [1.82, 2.24) is 19.7 Å². The van der Waals surface area contributed by atoms with E-state index in [9.17, 15) is 4.79 Å². The average Bonchev–Trinajstić information content (AvgIpc) is 2.85. The summed E-state index contributed by atoms with van der Waals surface area (Å²) < 4.78 is 1.80. The molecule has 106 valence electrons. The van der Waals surface area contributed by atoms with E-state index in [1.54, 1.807) is 10.8 Å². The van der Waals surface area contributed by atoms with Crippen LogP contribution in [0, 0.1) is 0 Å². The zero-order valence-electron chi connectivity index (χ0n) is 11.2. The number of rotatable bonds is 4. The van der Waals surface area contributed by atoms with Gasteiger partial charge >= 0.3 is 5.97 Å². The number of fused-ring (bicyclic) bond motifs is 1. The molecule has 6 nitrogen and oxygen atoms in total. The molecule has 0 aliphatic rings. The molecule has 3 rings (SSSR count). The fraction of sp³-hybridized carbons (Fsp3) is 0.143. The number of thioether (sulfide) groups is 1. The van der Waals surface area contributed by atoms with E-state index in [1.165, 1.54) is 0 Å². The molecule has 0 saturated heterocycles. The van der Waals surface area contributed by atoms with Gasteiger partial charge in [-0.2, -0.15) is 0 Å². The molecule has 0 fully saturated rings. The molecule has 0 unspecified atom stereocenters. The maximum Gasteiger partial charge on any atom is 0.313 e. The van der Waals surface area contributed by atoms with E-state index < -0.39 is 5.97 Å². The van der Waals surface area contributed by atoms with Crippen molar-refractivity contribution in [1.29, 1.82) is 0 Å². The summed E-state index contributed by atoms with van der Waals surface area (Å²) in [6.07, 6.45) is 1.73. The molecule has 0 atom stereocenters. The van der Waals surface area contributed by atoms with Gasteiger partial charge < -0.3 is 9.67 Å². The zero-order valence-corrected chi connectivity index (χ0v) is 12.0. The highest BCUT2D eigenvalue weighted by Gasteiger charge is 2.14. The van der Waals surface area contributed by atoms with Gasteiger partial charge in [-0.05, 0) is 12.1 Å². The van der Waals surface area contributed by atoms with Crippen LogP contribution in [0.15, 0.2) is 41.7 Å². The lowest BCUT2D eigenvalue weighted by molar-refractivity contribution is -0.133. The summed E-state index contributed by atoms with van der Waals surface area (Å²) >= 11 is 1.15. The summed E-state index contributed by atoms with van der Waals surface area (Å²) in [4.78, 5) is 15.0. The first-order valence-corrected chi connectivity index (χ1v) is 7.23. The largest absolute Gasteiger partial charge is 0.481 e. The molecular formula is C14H12N4O2S. The van der Waals surface area contributed by atoms with Crippen molar-refractivity contribution < 1.29 is 9.90 Å². The Morgan fingerprint density at radius 3 is 2.90 bits per heavy atom. The molecule has 3 aromatic rings. The number of benzene rings is 1. The second kappa shape index (κ2) is 5.53. The second-order valence-electron chi connectivity index (χ2n) is 4.42. The first-order chi connectivity index (χ1) is 10.2. The lowest BCUT2D eigenvalue weighted by Gasteiger charge is -2.06. The first kappa shape index (κ1) is 13.6. The minimum absolute atomic E-state index is 0.0386. The molecular weight excluding hydrogens is 288 g/mol. The van der Waals surface area contributed by atoms with Crippen molar-refractivity contribution in [2.24, 2.45) is 7.05 Å². The molecule has 7 heteroatoms. The van der Waals surface area contributed by atoms with Gasteiger partial charge in [-0.3, -0.25) is 9.78 Å². The van der Waals surface area contributed by atoms with E-state index in [1.807, 2.05) is 37.4 Å². The Kier molecular flexibility index (Phi) is 3.57. The molecule has 0 spiro atoms.